The van der Waals surface area contributed by atoms with Crippen molar-refractivity contribution in [1.29, 1.82) is 0 Å². The van der Waals surface area contributed by atoms with E-state index in [1.54, 1.807) is 0 Å². The van der Waals surface area contributed by atoms with Crippen LogP contribution >= 0.6 is 11.6 Å². The molecule has 28 heavy (non-hydrogen) atoms. The van der Waals surface area contributed by atoms with E-state index in [2.05, 4.69) is 14.5 Å². The Morgan fingerprint density at radius 3 is 2.32 bits per heavy atom. The Bertz CT molecular complexity index is 800. The Morgan fingerprint density at radius 2 is 1.75 bits per heavy atom. The molecule has 1 aromatic carbocycles. The van der Waals surface area contributed by atoms with Gasteiger partial charge in [-0.25, -0.2) is 9.18 Å². The zero-order valence-electron chi connectivity index (χ0n) is 15.3. The molecule has 0 saturated carbocycles. The third-order valence-electron chi connectivity index (χ3n) is 3.00. The second-order valence-electron chi connectivity index (χ2n) is 4.92. The summed E-state index contributed by atoms with van der Waals surface area (Å²) in [7, 11) is 1.10. The van der Waals surface area contributed by atoms with Crippen LogP contribution in [0.4, 0.5) is 17.6 Å². The fraction of sp³-hybridized carbons (Fsp3) is 0.333. The second kappa shape index (κ2) is 10.7. The van der Waals surface area contributed by atoms with E-state index in [4.69, 9.17) is 16.3 Å². The van der Waals surface area contributed by atoms with Crippen molar-refractivity contribution in [1.82, 2.24) is 4.98 Å². The lowest BCUT2D eigenvalue weighted by Crippen LogP contribution is -2.19. The molecule has 0 spiro atoms. The summed E-state index contributed by atoms with van der Waals surface area (Å²) < 4.78 is 64.6. The molecule has 0 aliphatic heterocycles. The average Bonchev–Trinajstić information content (AvgIpc) is 2.67. The molecule has 1 aromatic heterocycles. The van der Waals surface area contributed by atoms with Crippen molar-refractivity contribution < 1.29 is 36.6 Å². The predicted octanol–water partition coefficient (Wildman–Crippen LogP) is 5.21. The number of methoxy groups -OCH3 is 1. The molecular weight excluding hydrogens is 406 g/mol. The number of alkyl halides is 3. The number of pyridine rings is 1. The van der Waals surface area contributed by atoms with Gasteiger partial charge in [-0.05, 0) is 12.1 Å². The number of hydrogen-bond donors (Lipinski definition) is 0. The summed E-state index contributed by atoms with van der Waals surface area (Å²) in [5.41, 5.74) is -0.123. The summed E-state index contributed by atoms with van der Waals surface area (Å²) in [5, 5.41) is 0.0521. The van der Waals surface area contributed by atoms with Crippen LogP contribution in [0.5, 0.6) is 11.8 Å². The van der Waals surface area contributed by atoms with Crippen molar-refractivity contribution in [3.05, 3.63) is 52.3 Å². The molecule has 154 valence electrons. The lowest BCUT2D eigenvalue weighted by atomic mass is 10.1. The maximum Gasteiger partial charge on any atom is 0.422 e. The Labute approximate surface area is 164 Å². The van der Waals surface area contributed by atoms with E-state index in [0.29, 0.717) is 0 Å². The van der Waals surface area contributed by atoms with Crippen molar-refractivity contribution >= 4 is 17.6 Å². The Balaban J connectivity index is 0.00000190. The summed E-state index contributed by atoms with van der Waals surface area (Å²) >= 11 is 5.98. The molecule has 2 rings (SSSR count). The van der Waals surface area contributed by atoms with Crippen LogP contribution in [0.2, 0.25) is 5.02 Å². The minimum Gasteiger partial charge on any atom is -0.473 e. The van der Waals surface area contributed by atoms with Gasteiger partial charge in [0.1, 0.15) is 12.4 Å². The minimum absolute atomic E-state index is 0.0433. The van der Waals surface area contributed by atoms with Gasteiger partial charge in [0.25, 0.3) is 0 Å². The van der Waals surface area contributed by atoms with Gasteiger partial charge in [0, 0.05) is 22.7 Å². The summed E-state index contributed by atoms with van der Waals surface area (Å²) in [6.45, 7) is 2.28. The summed E-state index contributed by atoms with van der Waals surface area (Å²) in [4.78, 5) is 15.1. The molecule has 0 amide bonds. The lowest BCUT2D eigenvalue weighted by Gasteiger charge is -2.11. The topological polar surface area (TPSA) is 57.7 Å². The van der Waals surface area contributed by atoms with Gasteiger partial charge in [0.05, 0.1) is 12.7 Å². The molecule has 0 aliphatic rings. The summed E-state index contributed by atoms with van der Waals surface area (Å²) in [6, 6.07) is 6.09. The van der Waals surface area contributed by atoms with E-state index in [9.17, 15) is 22.4 Å². The van der Waals surface area contributed by atoms with Gasteiger partial charge in [-0.15, -0.1) is 0 Å². The van der Waals surface area contributed by atoms with Crippen LogP contribution in [0.25, 0.3) is 0 Å². The number of ether oxygens (including phenoxy) is 3. The van der Waals surface area contributed by atoms with E-state index in [1.807, 2.05) is 13.8 Å². The molecule has 0 N–H and O–H groups in total. The lowest BCUT2D eigenvalue weighted by molar-refractivity contribution is -0.154. The smallest absolute Gasteiger partial charge is 0.422 e. The molecule has 0 aliphatic carbocycles. The number of nitrogens with zero attached hydrogens (tertiary/aromatic N) is 1. The first-order chi connectivity index (χ1) is 13.2. The molecular formula is C18H18ClF4NO4. The molecule has 0 bridgehead atoms. The standard InChI is InChI=1S/C16H12ClF4NO4.C2H6/c1-24-15(23)10-6-11(17)9(5-12(10)18)7-25-13-3-2-4-14(22-13)26-8-16(19,20)21;1-2/h2-6H,7-8H2,1H3;1-2H3. The van der Waals surface area contributed by atoms with Gasteiger partial charge in [0.2, 0.25) is 11.8 Å². The number of rotatable bonds is 6. The zero-order valence-corrected chi connectivity index (χ0v) is 16.0. The highest BCUT2D eigenvalue weighted by molar-refractivity contribution is 6.31. The highest BCUT2D eigenvalue weighted by Crippen LogP contribution is 2.24. The van der Waals surface area contributed by atoms with Gasteiger partial charge in [-0.1, -0.05) is 31.5 Å². The normalized spacial score (nSPS) is 10.6. The largest absolute Gasteiger partial charge is 0.473 e. The monoisotopic (exact) mass is 423 g/mol. The summed E-state index contributed by atoms with van der Waals surface area (Å²) in [5.74, 6) is -2.06. The Morgan fingerprint density at radius 1 is 1.14 bits per heavy atom. The van der Waals surface area contributed by atoms with Crippen LogP contribution in [0.3, 0.4) is 0 Å². The van der Waals surface area contributed by atoms with Crippen molar-refractivity contribution in [3.63, 3.8) is 0 Å². The van der Waals surface area contributed by atoms with Crippen LogP contribution in [0.15, 0.2) is 30.3 Å². The van der Waals surface area contributed by atoms with Crippen LogP contribution in [0, 0.1) is 5.82 Å². The van der Waals surface area contributed by atoms with Crippen molar-refractivity contribution in [2.45, 2.75) is 26.6 Å². The Kier molecular flexibility index (Phi) is 8.98. The van der Waals surface area contributed by atoms with Gasteiger partial charge < -0.3 is 14.2 Å². The molecule has 0 fully saturated rings. The highest BCUT2D eigenvalue weighted by Gasteiger charge is 2.28. The van der Waals surface area contributed by atoms with E-state index < -0.39 is 24.6 Å². The molecule has 10 heteroatoms. The fourth-order valence-electron chi connectivity index (χ4n) is 1.83. The number of halogens is 5. The zero-order chi connectivity index (χ0) is 21.3. The average molecular weight is 424 g/mol. The quantitative estimate of drug-likeness (QED) is 0.471. The first kappa shape index (κ1) is 23.5. The number of carbonyl (C=O) groups excluding carboxylic acids is 1. The first-order valence-corrected chi connectivity index (χ1v) is 8.43. The predicted molar refractivity (Wildman–Crippen MR) is 94.2 cm³/mol. The third kappa shape index (κ3) is 7.22. The molecule has 0 saturated heterocycles. The van der Waals surface area contributed by atoms with Gasteiger partial charge >= 0.3 is 12.1 Å². The third-order valence-corrected chi connectivity index (χ3v) is 3.35. The van der Waals surface area contributed by atoms with Crippen molar-refractivity contribution in [2.75, 3.05) is 13.7 Å². The number of benzene rings is 1. The van der Waals surface area contributed by atoms with E-state index >= 15 is 0 Å². The molecule has 1 heterocycles. The van der Waals surface area contributed by atoms with Gasteiger partial charge in [-0.2, -0.15) is 18.2 Å². The van der Waals surface area contributed by atoms with Gasteiger partial charge in [-0.3, -0.25) is 0 Å². The van der Waals surface area contributed by atoms with E-state index in [-0.39, 0.29) is 34.5 Å². The SMILES string of the molecule is CC.COC(=O)c1cc(Cl)c(COc2cccc(OCC(F)(F)F)n2)cc1F. The molecule has 0 atom stereocenters. The van der Waals surface area contributed by atoms with Crippen molar-refractivity contribution in [3.8, 4) is 11.8 Å². The van der Waals surface area contributed by atoms with Crippen LogP contribution < -0.4 is 9.47 Å². The molecule has 0 unspecified atom stereocenters. The van der Waals surface area contributed by atoms with Crippen LogP contribution in [0.1, 0.15) is 29.8 Å². The first-order valence-electron chi connectivity index (χ1n) is 8.05. The number of aromatic nitrogens is 1. The number of hydrogen-bond acceptors (Lipinski definition) is 5. The van der Waals surface area contributed by atoms with E-state index in [0.717, 1.165) is 19.2 Å². The maximum absolute atomic E-state index is 13.9. The molecule has 2 aromatic rings. The Hall–Kier alpha value is -2.55. The summed E-state index contributed by atoms with van der Waals surface area (Å²) in [6.07, 6.45) is -4.50. The second-order valence-corrected chi connectivity index (χ2v) is 5.33. The van der Waals surface area contributed by atoms with Crippen LogP contribution in [-0.2, 0) is 11.3 Å². The van der Waals surface area contributed by atoms with Crippen LogP contribution in [-0.4, -0.2) is 30.8 Å². The van der Waals surface area contributed by atoms with Gasteiger partial charge in [0.15, 0.2) is 6.61 Å². The minimum atomic E-state index is -4.50. The molecule has 0 radical (unpaired) electrons. The fourth-order valence-corrected chi connectivity index (χ4v) is 2.05. The number of esters is 1. The highest BCUT2D eigenvalue weighted by atomic mass is 35.5. The maximum atomic E-state index is 13.9. The van der Waals surface area contributed by atoms with E-state index in [1.165, 1.54) is 18.2 Å². The molecule has 5 nitrogen and oxygen atoms in total. The van der Waals surface area contributed by atoms with Crippen molar-refractivity contribution in [2.24, 2.45) is 0 Å². The number of carbonyl (C=O) groups is 1.